The summed E-state index contributed by atoms with van der Waals surface area (Å²) in [6.45, 7) is 1.90. The van der Waals surface area contributed by atoms with Gasteiger partial charge in [-0.2, -0.15) is 0 Å². The average Bonchev–Trinajstić information content (AvgIpc) is 2.94. The number of hydrogen-bond donors (Lipinski definition) is 2. The van der Waals surface area contributed by atoms with Gasteiger partial charge in [-0.1, -0.05) is 60.2 Å². The van der Waals surface area contributed by atoms with Gasteiger partial charge < -0.3 is 10.6 Å². The van der Waals surface area contributed by atoms with E-state index in [0.717, 1.165) is 24.8 Å². The van der Waals surface area contributed by atoms with E-state index in [9.17, 15) is 14.4 Å². The van der Waals surface area contributed by atoms with Crippen LogP contribution in [0.25, 0.3) is 0 Å². The van der Waals surface area contributed by atoms with E-state index in [-0.39, 0.29) is 11.7 Å². The van der Waals surface area contributed by atoms with Crippen molar-refractivity contribution in [2.75, 3.05) is 10.6 Å². The fraction of sp³-hybridized carbons (Fsp3) is 0.156. The Morgan fingerprint density at radius 1 is 0.595 bits per heavy atom. The smallest absolute Gasteiger partial charge is 0.257 e. The lowest BCUT2D eigenvalue weighted by Gasteiger charge is -2.17. The molecule has 1 aliphatic rings. The summed E-state index contributed by atoms with van der Waals surface area (Å²) in [5.41, 5.74) is 6.11. The summed E-state index contributed by atoms with van der Waals surface area (Å²) < 4.78 is 0. The van der Waals surface area contributed by atoms with Crippen molar-refractivity contribution in [1.29, 1.82) is 0 Å². The van der Waals surface area contributed by atoms with E-state index >= 15 is 0 Å². The van der Waals surface area contributed by atoms with Gasteiger partial charge in [0.05, 0.1) is 16.9 Å². The summed E-state index contributed by atoms with van der Waals surface area (Å²) in [5, 5.41) is 5.79. The molecule has 0 spiro atoms. The molecule has 5 nitrogen and oxygen atoms in total. The number of rotatable bonds is 6. The first-order valence-electron chi connectivity index (χ1n) is 12.5. The fourth-order valence-electron chi connectivity index (χ4n) is 4.75. The molecule has 0 bridgehead atoms. The molecule has 0 heterocycles. The molecule has 0 radical (unpaired) electrons. The second kappa shape index (κ2) is 10.6. The molecule has 4 aromatic carbocycles. The summed E-state index contributed by atoms with van der Waals surface area (Å²) in [6.07, 6.45) is 4.35. The number of carbonyl (C=O) groups is 3. The predicted octanol–water partition coefficient (Wildman–Crippen LogP) is 6.61. The highest BCUT2D eigenvalue weighted by atomic mass is 16.2. The van der Waals surface area contributed by atoms with Gasteiger partial charge in [0.2, 0.25) is 0 Å². The Bertz CT molecular complexity index is 1490. The largest absolute Gasteiger partial charge is 0.321 e. The normalized spacial score (nSPS) is 12.4. The predicted molar refractivity (Wildman–Crippen MR) is 146 cm³/mol. The van der Waals surface area contributed by atoms with Crippen LogP contribution in [0, 0.1) is 6.92 Å². The van der Waals surface area contributed by atoms with Crippen LogP contribution in [-0.4, -0.2) is 17.6 Å². The van der Waals surface area contributed by atoms with Crippen LogP contribution in [0.5, 0.6) is 0 Å². The van der Waals surface area contributed by atoms with Crippen molar-refractivity contribution < 1.29 is 14.4 Å². The second-order valence-electron chi connectivity index (χ2n) is 9.39. The van der Waals surface area contributed by atoms with Gasteiger partial charge in [0.25, 0.3) is 11.8 Å². The van der Waals surface area contributed by atoms with Crippen LogP contribution < -0.4 is 10.6 Å². The van der Waals surface area contributed by atoms with Crippen LogP contribution in [0.3, 0.4) is 0 Å². The number of para-hydroxylation sites is 1. The molecule has 0 aliphatic heterocycles. The number of nitrogens with one attached hydrogen (secondary N) is 2. The van der Waals surface area contributed by atoms with Gasteiger partial charge in [-0.3, -0.25) is 14.4 Å². The van der Waals surface area contributed by atoms with Crippen molar-refractivity contribution in [1.82, 2.24) is 0 Å². The van der Waals surface area contributed by atoms with Crippen molar-refractivity contribution in [3.63, 3.8) is 0 Å². The minimum Gasteiger partial charge on any atom is -0.321 e. The lowest BCUT2D eigenvalue weighted by atomic mass is 9.90. The number of fused-ring (bicyclic) bond motifs is 1. The molecule has 0 saturated carbocycles. The lowest BCUT2D eigenvalue weighted by molar-refractivity contribution is 0.102. The van der Waals surface area contributed by atoms with Crippen molar-refractivity contribution in [3.05, 3.63) is 130 Å². The number of carbonyl (C=O) groups excluding carboxylic acids is 3. The summed E-state index contributed by atoms with van der Waals surface area (Å²) >= 11 is 0. The van der Waals surface area contributed by atoms with Gasteiger partial charge in [-0.05, 0) is 80.1 Å². The van der Waals surface area contributed by atoms with Gasteiger partial charge in [-0.25, -0.2) is 0 Å². The minimum absolute atomic E-state index is 0.173. The van der Waals surface area contributed by atoms with E-state index in [1.54, 1.807) is 48.5 Å². The van der Waals surface area contributed by atoms with E-state index < -0.39 is 5.91 Å². The number of ketones is 1. The second-order valence-corrected chi connectivity index (χ2v) is 9.39. The van der Waals surface area contributed by atoms with E-state index in [4.69, 9.17) is 0 Å². The van der Waals surface area contributed by atoms with Crippen LogP contribution in [0.4, 0.5) is 11.4 Å². The number of amides is 2. The Labute approximate surface area is 216 Å². The zero-order valence-corrected chi connectivity index (χ0v) is 20.7. The Morgan fingerprint density at radius 2 is 1.27 bits per heavy atom. The third kappa shape index (κ3) is 5.36. The molecule has 4 aromatic rings. The van der Waals surface area contributed by atoms with Crippen molar-refractivity contribution >= 4 is 29.0 Å². The molecule has 0 unspecified atom stereocenters. The van der Waals surface area contributed by atoms with Crippen LogP contribution in [0.2, 0.25) is 0 Å². The zero-order chi connectivity index (χ0) is 25.8. The number of benzene rings is 4. The topological polar surface area (TPSA) is 75.3 Å². The van der Waals surface area contributed by atoms with E-state index in [1.165, 1.54) is 17.5 Å². The monoisotopic (exact) mass is 488 g/mol. The number of anilines is 2. The molecule has 0 fully saturated rings. The first-order chi connectivity index (χ1) is 18.0. The van der Waals surface area contributed by atoms with Crippen molar-refractivity contribution in [2.45, 2.75) is 32.6 Å². The highest BCUT2D eigenvalue weighted by Crippen LogP contribution is 2.25. The summed E-state index contributed by atoms with van der Waals surface area (Å²) in [6, 6.07) is 27.0. The molecule has 0 aromatic heterocycles. The zero-order valence-electron chi connectivity index (χ0n) is 20.7. The van der Waals surface area contributed by atoms with Gasteiger partial charge in [0, 0.05) is 16.7 Å². The highest BCUT2D eigenvalue weighted by molar-refractivity contribution is 6.17. The first kappa shape index (κ1) is 24.2. The molecular formula is C32H28N2O3. The third-order valence-corrected chi connectivity index (χ3v) is 6.73. The molecule has 2 N–H and O–H groups in total. The Kier molecular flexibility index (Phi) is 6.95. The SMILES string of the molecule is Cc1ccc(NC(=O)c2ccccc2NC(=O)c2ccc3c(c2)CCCC3)c(C(=O)c2ccccc2)c1. The average molecular weight is 489 g/mol. The molecule has 0 saturated heterocycles. The molecule has 184 valence electrons. The maximum absolute atomic E-state index is 13.4. The maximum atomic E-state index is 13.4. The number of hydrogen-bond acceptors (Lipinski definition) is 3. The van der Waals surface area contributed by atoms with Gasteiger partial charge in [0.1, 0.15) is 0 Å². The molecular weight excluding hydrogens is 460 g/mol. The van der Waals surface area contributed by atoms with Gasteiger partial charge >= 0.3 is 0 Å². The van der Waals surface area contributed by atoms with Crippen LogP contribution in [0.15, 0.2) is 91.0 Å². The summed E-state index contributed by atoms with van der Waals surface area (Å²) in [4.78, 5) is 39.7. The van der Waals surface area contributed by atoms with Gasteiger partial charge in [0.15, 0.2) is 5.78 Å². The summed E-state index contributed by atoms with van der Waals surface area (Å²) in [5.74, 6) is -0.843. The van der Waals surface area contributed by atoms with E-state index in [0.29, 0.717) is 33.6 Å². The maximum Gasteiger partial charge on any atom is 0.257 e. The first-order valence-corrected chi connectivity index (χ1v) is 12.5. The van der Waals surface area contributed by atoms with E-state index in [2.05, 4.69) is 10.6 Å². The van der Waals surface area contributed by atoms with Gasteiger partial charge in [-0.15, -0.1) is 0 Å². The van der Waals surface area contributed by atoms with Crippen LogP contribution >= 0.6 is 0 Å². The van der Waals surface area contributed by atoms with Crippen LogP contribution in [-0.2, 0) is 12.8 Å². The van der Waals surface area contributed by atoms with Crippen LogP contribution in [0.1, 0.15) is 66.2 Å². The molecule has 0 atom stereocenters. The minimum atomic E-state index is -0.410. The Morgan fingerprint density at radius 3 is 2.08 bits per heavy atom. The third-order valence-electron chi connectivity index (χ3n) is 6.73. The number of aryl methyl sites for hydroxylation is 3. The molecule has 2 amide bonds. The fourth-order valence-corrected chi connectivity index (χ4v) is 4.75. The Balaban J connectivity index is 1.39. The highest BCUT2D eigenvalue weighted by Gasteiger charge is 2.19. The lowest BCUT2D eigenvalue weighted by Crippen LogP contribution is -2.20. The molecule has 5 rings (SSSR count). The molecule has 1 aliphatic carbocycles. The molecule has 5 heteroatoms. The molecule has 37 heavy (non-hydrogen) atoms. The Hall–Kier alpha value is -4.51. The van der Waals surface area contributed by atoms with E-state index in [1.807, 2.05) is 49.4 Å². The van der Waals surface area contributed by atoms with Crippen molar-refractivity contribution in [3.8, 4) is 0 Å². The van der Waals surface area contributed by atoms with Crippen molar-refractivity contribution in [2.24, 2.45) is 0 Å². The standard InChI is InChI=1S/C32H28N2O3/c1-21-15-18-29(27(19-21)30(35)23-10-3-2-4-11-23)34-32(37)26-13-7-8-14-28(26)33-31(36)25-17-16-22-9-5-6-12-24(22)20-25/h2-4,7-8,10-11,13-20H,5-6,9,12H2,1H3,(H,33,36)(H,34,37). The summed E-state index contributed by atoms with van der Waals surface area (Å²) in [7, 11) is 0. The quantitative estimate of drug-likeness (QED) is 0.300.